The molecular formula is C16H18Si. The summed E-state index contributed by atoms with van der Waals surface area (Å²) in [5, 5.41) is 3.25. The molecule has 0 amide bonds. The van der Waals surface area contributed by atoms with Crippen LogP contribution in [0.4, 0.5) is 0 Å². The first-order valence-corrected chi connectivity index (χ1v) is 9.24. The third-order valence-electron chi connectivity index (χ3n) is 4.25. The molecule has 0 fully saturated rings. The van der Waals surface area contributed by atoms with Gasteiger partial charge in [0.2, 0.25) is 0 Å². The van der Waals surface area contributed by atoms with E-state index in [0.717, 1.165) is 0 Å². The van der Waals surface area contributed by atoms with E-state index >= 15 is 0 Å². The molecule has 17 heavy (non-hydrogen) atoms. The number of fused-ring (bicyclic) bond motifs is 3. The third kappa shape index (κ3) is 1.29. The van der Waals surface area contributed by atoms with Crippen LogP contribution in [0.15, 0.2) is 36.4 Å². The molecule has 0 saturated carbocycles. The van der Waals surface area contributed by atoms with E-state index in [1.54, 1.807) is 10.4 Å². The van der Waals surface area contributed by atoms with Crippen molar-refractivity contribution in [1.29, 1.82) is 0 Å². The zero-order chi connectivity index (χ0) is 12.2. The lowest BCUT2D eigenvalue weighted by molar-refractivity contribution is 1.36. The van der Waals surface area contributed by atoms with Gasteiger partial charge in [-0.3, -0.25) is 0 Å². The SMILES string of the molecule is Cc1ccc2c(c1C)[Si](C)(C)c1ccccc1-2. The molecule has 3 rings (SSSR count). The summed E-state index contributed by atoms with van der Waals surface area (Å²) in [6.07, 6.45) is 0. The summed E-state index contributed by atoms with van der Waals surface area (Å²) in [7, 11) is -1.46. The van der Waals surface area contributed by atoms with E-state index in [9.17, 15) is 0 Å². The van der Waals surface area contributed by atoms with Crippen LogP contribution >= 0.6 is 0 Å². The molecule has 1 heteroatoms. The van der Waals surface area contributed by atoms with Gasteiger partial charge in [0, 0.05) is 0 Å². The molecule has 1 aliphatic rings. The molecule has 0 spiro atoms. The third-order valence-corrected chi connectivity index (χ3v) is 7.93. The maximum Gasteiger partial charge on any atom is 0.114 e. The fourth-order valence-corrected chi connectivity index (χ4v) is 6.94. The topological polar surface area (TPSA) is 0 Å². The molecule has 0 saturated heterocycles. The Hall–Kier alpha value is -1.34. The van der Waals surface area contributed by atoms with Crippen LogP contribution in [0.25, 0.3) is 11.1 Å². The largest absolute Gasteiger partial charge is 0.114 e. The van der Waals surface area contributed by atoms with Gasteiger partial charge in [0.1, 0.15) is 8.07 Å². The molecule has 0 N–H and O–H groups in total. The first-order valence-electron chi connectivity index (χ1n) is 6.24. The minimum atomic E-state index is -1.46. The van der Waals surface area contributed by atoms with Crippen molar-refractivity contribution in [3.63, 3.8) is 0 Å². The predicted molar refractivity (Wildman–Crippen MR) is 78.1 cm³/mol. The summed E-state index contributed by atoms with van der Waals surface area (Å²) in [6, 6.07) is 13.5. The lowest BCUT2D eigenvalue weighted by atomic mass is 10.0. The van der Waals surface area contributed by atoms with E-state index in [-0.39, 0.29) is 0 Å². The van der Waals surface area contributed by atoms with Gasteiger partial charge < -0.3 is 0 Å². The molecule has 0 unspecified atom stereocenters. The van der Waals surface area contributed by atoms with Crippen molar-refractivity contribution >= 4 is 18.4 Å². The summed E-state index contributed by atoms with van der Waals surface area (Å²) < 4.78 is 0. The van der Waals surface area contributed by atoms with Crippen molar-refractivity contribution in [2.45, 2.75) is 26.9 Å². The van der Waals surface area contributed by atoms with Gasteiger partial charge in [0.05, 0.1) is 0 Å². The lowest BCUT2D eigenvalue weighted by Crippen LogP contribution is -2.50. The molecule has 0 aliphatic carbocycles. The highest BCUT2D eigenvalue weighted by molar-refractivity contribution is 7.04. The average molecular weight is 238 g/mol. The number of hydrogen-bond acceptors (Lipinski definition) is 0. The highest BCUT2D eigenvalue weighted by Crippen LogP contribution is 2.30. The molecule has 0 atom stereocenters. The van der Waals surface area contributed by atoms with Crippen molar-refractivity contribution in [2.75, 3.05) is 0 Å². The van der Waals surface area contributed by atoms with E-state index in [4.69, 9.17) is 0 Å². The zero-order valence-electron chi connectivity index (χ0n) is 11.0. The first-order chi connectivity index (χ1) is 8.03. The standard InChI is InChI=1S/C16H18Si/c1-11-9-10-14-13-7-5-6-8-15(13)17(3,4)16(14)12(11)2/h5-10H,1-4H3. The van der Waals surface area contributed by atoms with Gasteiger partial charge in [-0.05, 0) is 46.5 Å². The van der Waals surface area contributed by atoms with Gasteiger partial charge in [-0.2, -0.15) is 0 Å². The van der Waals surface area contributed by atoms with E-state index in [1.165, 1.54) is 22.3 Å². The summed E-state index contributed by atoms with van der Waals surface area (Å²) in [4.78, 5) is 0. The number of aryl methyl sites for hydroxylation is 1. The van der Waals surface area contributed by atoms with Gasteiger partial charge in [-0.15, -0.1) is 0 Å². The molecular weight excluding hydrogens is 220 g/mol. The summed E-state index contributed by atoms with van der Waals surface area (Å²) in [5.74, 6) is 0. The summed E-state index contributed by atoms with van der Waals surface area (Å²) in [6.45, 7) is 9.46. The number of hydrogen-bond donors (Lipinski definition) is 0. The minimum Gasteiger partial charge on any atom is -0.0623 e. The highest BCUT2D eigenvalue weighted by atomic mass is 28.3. The Morgan fingerprint density at radius 1 is 0.824 bits per heavy atom. The molecule has 0 radical (unpaired) electrons. The van der Waals surface area contributed by atoms with Crippen LogP contribution < -0.4 is 10.4 Å². The maximum atomic E-state index is 2.48. The van der Waals surface area contributed by atoms with Gasteiger partial charge >= 0.3 is 0 Å². The smallest absolute Gasteiger partial charge is 0.0623 e. The molecule has 1 heterocycles. The van der Waals surface area contributed by atoms with E-state index < -0.39 is 8.07 Å². The summed E-state index contributed by atoms with van der Waals surface area (Å²) >= 11 is 0. The van der Waals surface area contributed by atoms with Crippen molar-refractivity contribution in [3.05, 3.63) is 47.5 Å². The van der Waals surface area contributed by atoms with E-state index in [1.807, 2.05) is 0 Å². The quantitative estimate of drug-likeness (QED) is 0.619. The van der Waals surface area contributed by atoms with Crippen LogP contribution in [0.3, 0.4) is 0 Å². The minimum absolute atomic E-state index is 1.43. The van der Waals surface area contributed by atoms with Crippen LogP contribution in [0, 0.1) is 13.8 Å². The second-order valence-corrected chi connectivity index (χ2v) is 9.89. The number of rotatable bonds is 0. The fraction of sp³-hybridized carbons (Fsp3) is 0.250. The first kappa shape index (κ1) is 10.8. The predicted octanol–water partition coefficient (Wildman–Crippen LogP) is 3.11. The van der Waals surface area contributed by atoms with E-state index in [0.29, 0.717) is 0 Å². The van der Waals surface area contributed by atoms with Crippen LogP contribution in [0.2, 0.25) is 13.1 Å². The lowest BCUT2D eigenvalue weighted by Gasteiger charge is -2.21. The normalized spacial score (nSPS) is 15.5. The monoisotopic (exact) mass is 238 g/mol. The van der Waals surface area contributed by atoms with Crippen LogP contribution in [-0.4, -0.2) is 8.07 Å². The molecule has 2 aromatic carbocycles. The Bertz CT molecular complexity index is 609. The van der Waals surface area contributed by atoms with Gasteiger partial charge in [-0.25, -0.2) is 0 Å². The van der Waals surface area contributed by atoms with Crippen molar-refractivity contribution < 1.29 is 0 Å². The van der Waals surface area contributed by atoms with Crippen LogP contribution in [0.1, 0.15) is 11.1 Å². The second-order valence-electron chi connectivity index (χ2n) is 5.60. The Morgan fingerprint density at radius 3 is 2.29 bits per heavy atom. The molecule has 0 bridgehead atoms. The van der Waals surface area contributed by atoms with Crippen LogP contribution in [-0.2, 0) is 0 Å². The van der Waals surface area contributed by atoms with Crippen molar-refractivity contribution in [1.82, 2.24) is 0 Å². The van der Waals surface area contributed by atoms with Crippen molar-refractivity contribution in [3.8, 4) is 11.1 Å². The molecule has 0 nitrogen and oxygen atoms in total. The van der Waals surface area contributed by atoms with E-state index in [2.05, 4.69) is 63.3 Å². The second kappa shape index (κ2) is 3.33. The fourth-order valence-electron chi connectivity index (χ4n) is 3.24. The number of benzene rings is 2. The average Bonchev–Trinajstić information content (AvgIpc) is 2.54. The van der Waals surface area contributed by atoms with Gasteiger partial charge in [-0.1, -0.05) is 49.5 Å². The Labute approximate surface area is 104 Å². The molecule has 1 aliphatic heterocycles. The maximum absolute atomic E-state index is 2.48. The Morgan fingerprint density at radius 2 is 1.53 bits per heavy atom. The Balaban J connectivity index is 2.44. The summed E-state index contributed by atoms with van der Waals surface area (Å²) in [5.41, 5.74) is 5.90. The molecule has 0 aromatic heterocycles. The van der Waals surface area contributed by atoms with Gasteiger partial charge in [0.25, 0.3) is 0 Å². The van der Waals surface area contributed by atoms with Crippen LogP contribution in [0.5, 0.6) is 0 Å². The molecule has 86 valence electrons. The van der Waals surface area contributed by atoms with Crippen molar-refractivity contribution in [2.24, 2.45) is 0 Å². The highest BCUT2D eigenvalue weighted by Gasteiger charge is 2.38. The van der Waals surface area contributed by atoms with Gasteiger partial charge in [0.15, 0.2) is 0 Å². The zero-order valence-corrected chi connectivity index (χ0v) is 12.0. The molecule has 2 aromatic rings. The Kier molecular flexibility index (Phi) is 2.11.